The molecule has 1 heterocycles. The maximum absolute atomic E-state index is 13.0. The van der Waals surface area contributed by atoms with Crippen molar-refractivity contribution >= 4 is 15.7 Å². The molecule has 0 spiro atoms. The normalized spacial score (nSPS) is 11.6. The SMILES string of the molecule is Nc1cc(S(=O)(=O)NCCn2ccnn2)ccc1F. The number of nitrogens with two attached hydrogens (primary N) is 1. The molecule has 102 valence electrons. The van der Waals surface area contributed by atoms with Crippen LogP contribution in [0.25, 0.3) is 0 Å². The Bertz CT molecular complexity index is 657. The fourth-order valence-electron chi connectivity index (χ4n) is 1.42. The van der Waals surface area contributed by atoms with Crippen molar-refractivity contribution in [3.8, 4) is 0 Å². The van der Waals surface area contributed by atoms with Gasteiger partial charge in [-0.2, -0.15) is 0 Å². The Morgan fingerprint density at radius 3 is 2.84 bits per heavy atom. The zero-order chi connectivity index (χ0) is 13.9. The van der Waals surface area contributed by atoms with Crippen LogP contribution in [-0.2, 0) is 16.6 Å². The average Bonchev–Trinajstić information content (AvgIpc) is 2.85. The van der Waals surface area contributed by atoms with Gasteiger partial charge < -0.3 is 5.73 Å². The molecule has 0 saturated heterocycles. The molecule has 0 aliphatic rings. The highest BCUT2D eigenvalue weighted by Crippen LogP contribution is 2.16. The molecule has 1 aromatic carbocycles. The van der Waals surface area contributed by atoms with E-state index in [2.05, 4.69) is 15.0 Å². The highest BCUT2D eigenvalue weighted by Gasteiger charge is 2.14. The molecule has 0 unspecified atom stereocenters. The van der Waals surface area contributed by atoms with E-state index in [0.717, 1.165) is 18.2 Å². The predicted octanol–water partition coefficient (Wildman–Crippen LogP) is -0.0221. The van der Waals surface area contributed by atoms with Gasteiger partial charge in [0.25, 0.3) is 0 Å². The number of benzene rings is 1. The van der Waals surface area contributed by atoms with Crippen molar-refractivity contribution < 1.29 is 12.8 Å². The van der Waals surface area contributed by atoms with E-state index in [1.165, 1.54) is 10.9 Å². The van der Waals surface area contributed by atoms with E-state index in [-0.39, 0.29) is 17.1 Å². The summed E-state index contributed by atoms with van der Waals surface area (Å²) in [5, 5.41) is 7.29. The summed E-state index contributed by atoms with van der Waals surface area (Å²) in [6, 6.07) is 3.25. The second-order valence-electron chi connectivity index (χ2n) is 3.75. The van der Waals surface area contributed by atoms with E-state index in [1.54, 1.807) is 6.20 Å². The van der Waals surface area contributed by atoms with Crippen LogP contribution in [-0.4, -0.2) is 30.0 Å². The maximum Gasteiger partial charge on any atom is 0.240 e. The number of nitrogens with one attached hydrogen (secondary N) is 1. The molecule has 1 aromatic heterocycles. The second kappa shape index (κ2) is 5.33. The highest BCUT2D eigenvalue weighted by atomic mass is 32.2. The lowest BCUT2D eigenvalue weighted by Gasteiger charge is -2.07. The van der Waals surface area contributed by atoms with Crippen LogP contribution in [0.5, 0.6) is 0 Å². The largest absolute Gasteiger partial charge is 0.396 e. The first-order valence-electron chi connectivity index (χ1n) is 5.38. The zero-order valence-corrected chi connectivity index (χ0v) is 10.6. The zero-order valence-electron chi connectivity index (χ0n) is 9.82. The van der Waals surface area contributed by atoms with E-state index in [1.807, 2.05) is 0 Å². The van der Waals surface area contributed by atoms with Crippen molar-refractivity contribution in [2.45, 2.75) is 11.4 Å². The van der Waals surface area contributed by atoms with Crippen LogP contribution < -0.4 is 10.5 Å². The summed E-state index contributed by atoms with van der Waals surface area (Å²) in [6.45, 7) is 0.485. The minimum Gasteiger partial charge on any atom is -0.396 e. The fraction of sp³-hybridized carbons (Fsp3) is 0.200. The van der Waals surface area contributed by atoms with Gasteiger partial charge in [-0.1, -0.05) is 5.21 Å². The van der Waals surface area contributed by atoms with Crippen LogP contribution in [0.2, 0.25) is 0 Å². The Kier molecular flexibility index (Phi) is 3.76. The molecular weight excluding hydrogens is 273 g/mol. The van der Waals surface area contributed by atoms with Gasteiger partial charge in [-0.05, 0) is 18.2 Å². The van der Waals surface area contributed by atoms with Gasteiger partial charge in [0.15, 0.2) is 0 Å². The molecule has 0 bridgehead atoms. The molecule has 0 atom stereocenters. The Hall–Kier alpha value is -2.00. The van der Waals surface area contributed by atoms with Crippen molar-refractivity contribution in [2.24, 2.45) is 0 Å². The highest BCUT2D eigenvalue weighted by molar-refractivity contribution is 7.89. The van der Waals surface area contributed by atoms with E-state index in [4.69, 9.17) is 5.73 Å². The summed E-state index contributed by atoms with van der Waals surface area (Å²) in [7, 11) is -3.71. The van der Waals surface area contributed by atoms with Gasteiger partial charge in [0.05, 0.1) is 23.3 Å². The molecule has 0 aliphatic heterocycles. The number of rotatable bonds is 5. The summed E-state index contributed by atoms with van der Waals surface area (Å²) in [4.78, 5) is -0.0787. The summed E-state index contributed by atoms with van der Waals surface area (Å²) in [5.41, 5.74) is 5.12. The number of hydrogen-bond acceptors (Lipinski definition) is 5. The molecule has 0 saturated carbocycles. The number of nitrogens with zero attached hydrogens (tertiary/aromatic N) is 3. The second-order valence-corrected chi connectivity index (χ2v) is 5.51. The van der Waals surface area contributed by atoms with Gasteiger partial charge in [-0.25, -0.2) is 17.5 Å². The molecule has 0 fully saturated rings. The molecule has 7 nitrogen and oxygen atoms in total. The number of hydrogen-bond donors (Lipinski definition) is 2. The summed E-state index contributed by atoms with van der Waals surface area (Å²) >= 11 is 0. The standard InChI is InChI=1S/C10H12FN5O2S/c11-9-2-1-8(7-10(9)12)19(17,18)14-4-6-16-5-3-13-15-16/h1-3,5,7,14H,4,6,12H2. The number of halogens is 1. The number of aromatic nitrogens is 3. The maximum atomic E-state index is 13.0. The Balaban J connectivity index is 2.03. The van der Waals surface area contributed by atoms with Gasteiger partial charge in [0, 0.05) is 12.7 Å². The quantitative estimate of drug-likeness (QED) is 0.751. The monoisotopic (exact) mass is 285 g/mol. The Morgan fingerprint density at radius 2 is 2.21 bits per heavy atom. The fourth-order valence-corrected chi connectivity index (χ4v) is 2.47. The van der Waals surface area contributed by atoms with E-state index >= 15 is 0 Å². The van der Waals surface area contributed by atoms with E-state index in [0.29, 0.717) is 6.54 Å². The van der Waals surface area contributed by atoms with Crippen LogP contribution in [0.4, 0.5) is 10.1 Å². The smallest absolute Gasteiger partial charge is 0.240 e. The lowest BCUT2D eigenvalue weighted by Crippen LogP contribution is -2.27. The molecule has 0 radical (unpaired) electrons. The van der Waals surface area contributed by atoms with Gasteiger partial charge >= 0.3 is 0 Å². The third-order valence-electron chi connectivity index (χ3n) is 2.38. The van der Waals surface area contributed by atoms with E-state index < -0.39 is 15.8 Å². The molecule has 3 N–H and O–H groups in total. The molecule has 2 rings (SSSR count). The number of nitrogen functional groups attached to an aromatic ring is 1. The van der Waals surface area contributed by atoms with Gasteiger partial charge in [-0.3, -0.25) is 4.68 Å². The predicted molar refractivity (Wildman–Crippen MR) is 66.0 cm³/mol. The van der Waals surface area contributed by atoms with Crippen LogP contribution in [0.15, 0.2) is 35.5 Å². The molecule has 2 aromatic rings. The molecule has 19 heavy (non-hydrogen) atoms. The third kappa shape index (κ3) is 3.26. The van der Waals surface area contributed by atoms with Crippen molar-refractivity contribution in [3.63, 3.8) is 0 Å². The molecule has 9 heteroatoms. The Morgan fingerprint density at radius 1 is 1.42 bits per heavy atom. The minimum atomic E-state index is -3.71. The van der Waals surface area contributed by atoms with E-state index in [9.17, 15) is 12.8 Å². The Labute approximate surface area is 109 Å². The third-order valence-corrected chi connectivity index (χ3v) is 3.84. The van der Waals surface area contributed by atoms with Crippen LogP contribution in [0.3, 0.4) is 0 Å². The molecule has 0 aliphatic carbocycles. The topological polar surface area (TPSA) is 103 Å². The van der Waals surface area contributed by atoms with Gasteiger partial charge in [-0.15, -0.1) is 5.10 Å². The first-order chi connectivity index (χ1) is 8.99. The summed E-state index contributed by atoms with van der Waals surface area (Å²) < 4.78 is 40.6. The van der Waals surface area contributed by atoms with Crippen molar-refractivity contribution in [1.29, 1.82) is 0 Å². The lowest BCUT2D eigenvalue weighted by molar-refractivity contribution is 0.552. The first kappa shape index (κ1) is 13.4. The van der Waals surface area contributed by atoms with Gasteiger partial charge in [0.1, 0.15) is 5.82 Å². The average molecular weight is 285 g/mol. The summed E-state index contributed by atoms with van der Waals surface area (Å²) in [5.74, 6) is -0.651. The first-order valence-corrected chi connectivity index (χ1v) is 6.86. The van der Waals surface area contributed by atoms with Gasteiger partial charge in [0.2, 0.25) is 10.0 Å². The lowest BCUT2D eigenvalue weighted by atomic mass is 10.3. The molecular formula is C10H12FN5O2S. The van der Waals surface area contributed by atoms with Crippen molar-refractivity contribution in [3.05, 3.63) is 36.4 Å². The summed E-state index contributed by atoms with van der Waals surface area (Å²) in [6.07, 6.45) is 3.11. The molecule has 0 amide bonds. The number of sulfonamides is 1. The minimum absolute atomic E-state index is 0.0787. The van der Waals surface area contributed by atoms with Crippen molar-refractivity contribution in [1.82, 2.24) is 19.7 Å². The van der Waals surface area contributed by atoms with Crippen LogP contribution >= 0.6 is 0 Å². The van der Waals surface area contributed by atoms with Crippen LogP contribution in [0, 0.1) is 5.82 Å². The van der Waals surface area contributed by atoms with Crippen molar-refractivity contribution in [2.75, 3.05) is 12.3 Å². The van der Waals surface area contributed by atoms with Crippen LogP contribution in [0.1, 0.15) is 0 Å². The number of anilines is 1.